The van der Waals surface area contributed by atoms with Crippen LogP contribution in [0.25, 0.3) is 0 Å². The fourth-order valence-corrected chi connectivity index (χ4v) is 4.75. The van der Waals surface area contributed by atoms with Gasteiger partial charge in [-0.25, -0.2) is 0 Å². The van der Waals surface area contributed by atoms with Crippen molar-refractivity contribution >= 4 is 52.6 Å². The van der Waals surface area contributed by atoms with Gasteiger partial charge >= 0.3 is 0 Å². The molecule has 0 spiro atoms. The second kappa shape index (κ2) is 10.2. The zero-order chi connectivity index (χ0) is 19.9. The summed E-state index contributed by atoms with van der Waals surface area (Å²) in [7, 11) is 0. The highest BCUT2D eigenvalue weighted by atomic mass is 35.5. The number of halogens is 1. The molecule has 2 unspecified atom stereocenters. The van der Waals surface area contributed by atoms with Crippen molar-refractivity contribution in [3.05, 3.63) is 59.1 Å². The van der Waals surface area contributed by atoms with Gasteiger partial charge in [-0.15, -0.1) is 23.5 Å². The molecule has 2 aromatic carbocycles. The Labute approximate surface area is 178 Å². The molecule has 0 aliphatic carbocycles. The van der Waals surface area contributed by atoms with Crippen LogP contribution in [-0.2, 0) is 15.3 Å². The Bertz CT molecular complexity index is 850. The molecule has 2 aromatic rings. The molecule has 1 heterocycles. The highest BCUT2D eigenvalue weighted by Gasteiger charge is 2.27. The van der Waals surface area contributed by atoms with Gasteiger partial charge in [0.2, 0.25) is 11.8 Å². The highest BCUT2D eigenvalue weighted by Crippen LogP contribution is 2.25. The van der Waals surface area contributed by atoms with E-state index in [1.807, 2.05) is 54.8 Å². The molecule has 0 bridgehead atoms. The van der Waals surface area contributed by atoms with Crippen LogP contribution >= 0.6 is 35.1 Å². The number of para-hydroxylation sites is 1. The zero-order valence-corrected chi connectivity index (χ0v) is 17.8. The maximum Gasteiger partial charge on any atom is 0.225 e. The van der Waals surface area contributed by atoms with Crippen molar-refractivity contribution in [1.82, 2.24) is 10.6 Å². The average Bonchev–Trinajstić information content (AvgIpc) is 2.66. The maximum absolute atomic E-state index is 12.5. The van der Waals surface area contributed by atoms with Gasteiger partial charge in [0.15, 0.2) is 0 Å². The number of nitrogens with one attached hydrogen (secondary N) is 3. The van der Waals surface area contributed by atoms with Gasteiger partial charge in [0, 0.05) is 34.6 Å². The van der Waals surface area contributed by atoms with Crippen molar-refractivity contribution in [3.8, 4) is 0 Å². The number of carbonyl (C=O) groups excluding carboxylic acids is 2. The fraction of sp³-hybridized carbons (Fsp3) is 0.300. The number of carbonyl (C=O) groups is 2. The lowest BCUT2D eigenvalue weighted by Crippen LogP contribution is -2.55. The summed E-state index contributed by atoms with van der Waals surface area (Å²) in [5.74, 6) is 0.551. The Hall–Kier alpha value is -1.67. The van der Waals surface area contributed by atoms with Gasteiger partial charge in [-0.05, 0) is 36.1 Å². The number of amides is 2. The van der Waals surface area contributed by atoms with Crippen LogP contribution in [0.1, 0.15) is 18.4 Å². The van der Waals surface area contributed by atoms with Gasteiger partial charge < -0.3 is 10.6 Å². The summed E-state index contributed by atoms with van der Waals surface area (Å²) >= 11 is 9.17. The summed E-state index contributed by atoms with van der Waals surface area (Å²) in [6.45, 7) is 0. The summed E-state index contributed by atoms with van der Waals surface area (Å²) in [6.07, 6.45) is 2.50. The predicted octanol–water partition coefficient (Wildman–Crippen LogP) is 4.09. The molecule has 0 radical (unpaired) electrons. The molecule has 1 saturated heterocycles. The van der Waals surface area contributed by atoms with Crippen molar-refractivity contribution in [2.24, 2.45) is 0 Å². The minimum absolute atomic E-state index is 0.0512. The Morgan fingerprint density at radius 3 is 2.86 bits per heavy atom. The molecule has 2 atom stereocenters. The quantitative estimate of drug-likeness (QED) is 0.571. The molecule has 5 nitrogen and oxygen atoms in total. The summed E-state index contributed by atoms with van der Waals surface area (Å²) < 4.78 is 0. The molecule has 2 amide bonds. The van der Waals surface area contributed by atoms with E-state index in [4.69, 9.17) is 11.6 Å². The van der Waals surface area contributed by atoms with Crippen LogP contribution in [0.3, 0.4) is 0 Å². The normalized spacial score (nSPS) is 19.1. The maximum atomic E-state index is 12.5. The molecule has 1 aliphatic rings. The van der Waals surface area contributed by atoms with Crippen LogP contribution in [0, 0.1) is 0 Å². The number of hydrogen-bond acceptors (Lipinski definition) is 5. The lowest BCUT2D eigenvalue weighted by Gasteiger charge is -2.31. The molecule has 8 heteroatoms. The monoisotopic (exact) mass is 435 g/mol. The summed E-state index contributed by atoms with van der Waals surface area (Å²) in [4.78, 5) is 25.5. The molecule has 3 N–H and O–H groups in total. The minimum atomic E-state index is -0.239. The number of benzene rings is 2. The van der Waals surface area contributed by atoms with E-state index in [0.717, 1.165) is 16.1 Å². The molecule has 1 aliphatic heterocycles. The first-order chi connectivity index (χ1) is 13.5. The average molecular weight is 436 g/mol. The smallest absolute Gasteiger partial charge is 0.225 e. The SMILES string of the molecule is CSc1ccccc1NC(=O)CC1CC(=O)NC(SCc2cccc(Cl)c2)N1. The van der Waals surface area contributed by atoms with Crippen molar-refractivity contribution in [2.45, 2.75) is 35.0 Å². The van der Waals surface area contributed by atoms with Crippen molar-refractivity contribution in [2.75, 3.05) is 11.6 Å². The first-order valence-corrected chi connectivity index (χ1v) is 11.5. The first-order valence-electron chi connectivity index (χ1n) is 8.88. The predicted molar refractivity (Wildman–Crippen MR) is 118 cm³/mol. The lowest BCUT2D eigenvalue weighted by molar-refractivity contribution is -0.124. The van der Waals surface area contributed by atoms with E-state index in [1.165, 1.54) is 0 Å². The van der Waals surface area contributed by atoms with Gasteiger partial charge in [0.05, 0.1) is 5.69 Å². The van der Waals surface area contributed by atoms with Crippen LogP contribution in [-0.4, -0.2) is 29.6 Å². The lowest BCUT2D eigenvalue weighted by atomic mass is 10.1. The van der Waals surface area contributed by atoms with Crippen LogP contribution in [0.2, 0.25) is 5.02 Å². The first kappa shape index (κ1) is 21.0. The summed E-state index contributed by atoms with van der Waals surface area (Å²) in [5, 5.41) is 9.91. The largest absolute Gasteiger partial charge is 0.332 e. The standard InChI is InChI=1S/C20H22ClN3O2S2/c1-27-17-8-3-2-7-16(17)23-18(25)10-15-11-19(26)24-20(22-15)28-12-13-5-4-6-14(21)9-13/h2-9,15,20,22H,10-12H2,1H3,(H,23,25)(H,24,26). The zero-order valence-electron chi connectivity index (χ0n) is 15.4. The molecular weight excluding hydrogens is 414 g/mol. The van der Waals surface area contributed by atoms with Crippen molar-refractivity contribution < 1.29 is 9.59 Å². The van der Waals surface area contributed by atoms with Gasteiger partial charge in [-0.1, -0.05) is 35.9 Å². The Kier molecular flexibility index (Phi) is 7.67. The molecule has 3 rings (SSSR count). The summed E-state index contributed by atoms with van der Waals surface area (Å²) in [6, 6.07) is 15.1. The van der Waals surface area contributed by atoms with Crippen molar-refractivity contribution in [3.63, 3.8) is 0 Å². The second-order valence-corrected chi connectivity index (χ2v) is 8.79. The van der Waals surface area contributed by atoms with E-state index in [1.54, 1.807) is 23.5 Å². The molecular formula is C20H22ClN3O2S2. The van der Waals surface area contributed by atoms with Crippen LogP contribution in [0.5, 0.6) is 0 Å². The third-order valence-corrected chi connectivity index (χ3v) is 6.35. The highest BCUT2D eigenvalue weighted by molar-refractivity contribution is 7.99. The summed E-state index contributed by atoms with van der Waals surface area (Å²) in [5.41, 5.74) is 1.64. The van der Waals surface area contributed by atoms with E-state index in [9.17, 15) is 9.59 Å². The third-order valence-electron chi connectivity index (χ3n) is 4.23. The third kappa shape index (κ3) is 6.17. The molecule has 0 aromatic heterocycles. The van der Waals surface area contributed by atoms with E-state index in [0.29, 0.717) is 10.8 Å². The molecule has 28 heavy (non-hydrogen) atoms. The van der Waals surface area contributed by atoms with Gasteiger partial charge in [0.25, 0.3) is 0 Å². The fourth-order valence-electron chi connectivity index (χ4n) is 2.94. The van der Waals surface area contributed by atoms with Crippen molar-refractivity contribution in [1.29, 1.82) is 0 Å². The van der Waals surface area contributed by atoms with Crippen LogP contribution in [0.15, 0.2) is 53.4 Å². The molecule has 1 fully saturated rings. The Balaban J connectivity index is 1.53. The van der Waals surface area contributed by atoms with E-state index < -0.39 is 0 Å². The number of hydrogen-bond donors (Lipinski definition) is 3. The minimum Gasteiger partial charge on any atom is -0.332 e. The van der Waals surface area contributed by atoms with Crippen LogP contribution in [0.4, 0.5) is 5.69 Å². The number of anilines is 1. The van der Waals surface area contributed by atoms with Crippen LogP contribution < -0.4 is 16.0 Å². The van der Waals surface area contributed by atoms with E-state index in [2.05, 4.69) is 16.0 Å². The second-order valence-electron chi connectivity index (χ2n) is 6.41. The van der Waals surface area contributed by atoms with E-state index in [-0.39, 0.29) is 36.2 Å². The number of thioether (sulfide) groups is 2. The Morgan fingerprint density at radius 1 is 1.25 bits per heavy atom. The van der Waals surface area contributed by atoms with Gasteiger partial charge in [0.1, 0.15) is 5.50 Å². The molecule has 0 saturated carbocycles. The Morgan fingerprint density at radius 2 is 2.07 bits per heavy atom. The van der Waals surface area contributed by atoms with Gasteiger partial charge in [-0.2, -0.15) is 0 Å². The van der Waals surface area contributed by atoms with E-state index >= 15 is 0 Å². The topological polar surface area (TPSA) is 70.2 Å². The number of rotatable bonds is 7. The van der Waals surface area contributed by atoms with Gasteiger partial charge in [-0.3, -0.25) is 14.9 Å². The molecule has 148 valence electrons.